The number of hydrogen-bond acceptors (Lipinski definition) is 10. The zero-order valence-corrected chi connectivity index (χ0v) is 28.5. The Kier molecular flexibility index (Phi) is 8.44. The number of carbonyl (C=O) groups is 1. The molecule has 0 saturated carbocycles. The van der Waals surface area contributed by atoms with Crippen LogP contribution in [-0.4, -0.2) is 56.1 Å². The first-order valence-corrected chi connectivity index (χ1v) is 17.2. The SMILES string of the molecule is Cc1nc2ccc(-c3nn(C4CCCCO4)c4nc(N5CCC(NC(=O)OC(C)(C)C)(c6ccc(F)cc6F)CC5)nc(C#N)c34)cc2s1. The fourth-order valence-corrected chi connectivity index (χ4v) is 7.55. The summed E-state index contributed by atoms with van der Waals surface area (Å²) in [4.78, 5) is 29.2. The number of anilines is 1. The topological polar surface area (TPSA) is 131 Å². The summed E-state index contributed by atoms with van der Waals surface area (Å²) in [6, 6.07) is 11.6. The van der Waals surface area contributed by atoms with Gasteiger partial charge in [0.2, 0.25) is 5.95 Å². The standard InChI is InChI=1S/C35H36F2N8O3S/c1-20-39-25-11-8-21(17-27(25)49-20)30-29-26(19-38)40-32(41-31(29)45(43-30)28-7-5-6-16-47-28)44-14-12-35(13-15-44,42-33(46)48-34(2,3)4)23-10-9-22(36)18-24(23)37/h8-11,17-18,28H,5-7,12-16H2,1-4H3,(H,42,46). The van der Waals surface area contributed by atoms with Gasteiger partial charge in [0.05, 0.1) is 26.1 Å². The number of nitrogens with one attached hydrogen (secondary N) is 1. The van der Waals surface area contributed by atoms with Crippen molar-refractivity contribution in [3.8, 4) is 17.3 Å². The van der Waals surface area contributed by atoms with Crippen molar-refractivity contribution in [3.05, 3.63) is 64.3 Å². The number of aromatic nitrogens is 5. The molecule has 0 aliphatic carbocycles. The summed E-state index contributed by atoms with van der Waals surface area (Å²) in [5, 5.41) is 19.8. The van der Waals surface area contributed by atoms with E-state index >= 15 is 4.39 Å². The molecule has 3 aromatic heterocycles. The lowest BCUT2D eigenvalue weighted by atomic mass is 9.80. The molecule has 49 heavy (non-hydrogen) atoms. The second-order valence-corrected chi connectivity index (χ2v) is 14.8. The molecular formula is C35H36F2N8O3S. The Morgan fingerprint density at radius 3 is 2.61 bits per heavy atom. The van der Waals surface area contributed by atoms with Gasteiger partial charge in [0.15, 0.2) is 17.6 Å². The molecule has 2 fully saturated rings. The Bertz CT molecular complexity index is 2100. The Morgan fingerprint density at radius 1 is 1.12 bits per heavy atom. The van der Waals surface area contributed by atoms with Crippen LogP contribution in [0.3, 0.4) is 0 Å². The van der Waals surface area contributed by atoms with Crippen molar-refractivity contribution in [1.82, 2.24) is 30.0 Å². The monoisotopic (exact) mass is 686 g/mol. The molecular weight excluding hydrogens is 651 g/mol. The number of fused-ring (bicyclic) bond motifs is 2. The van der Waals surface area contributed by atoms with Gasteiger partial charge in [-0.25, -0.2) is 28.2 Å². The third kappa shape index (κ3) is 6.40. The smallest absolute Gasteiger partial charge is 0.408 e. The third-order valence-corrected chi connectivity index (χ3v) is 9.86. The summed E-state index contributed by atoms with van der Waals surface area (Å²) < 4.78 is 43.7. The molecule has 254 valence electrons. The summed E-state index contributed by atoms with van der Waals surface area (Å²) in [6.45, 7) is 8.38. The van der Waals surface area contributed by atoms with Crippen LogP contribution in [0, 0.1) is 29.9 Å². The minimum atomic E-state index is -1.18. The van der Waals surface area contributed by atoms with Crippen LogP contribution in [0.15, 0.2) is 36.4 Å². The highest BCUT2D eigenvalue weighted by Gasteiger charge is 2.41. The lowest BCUT2D eigenvalue weighted by Gasteiger charge is -2.43. The van der Waals surface area contributed by atoms with Crippen molar-refractivity contribution in [3.63, 3.8) is 0 Å². The summed E-state index contributed by atoms with van der Waals surface area (Å²) in [5.41, 5.74) is 1.16. The number of rotatable bonds is 5. The second-order valence-electron chi connectivity index (χ2n) is 13.5. The van der Waals surface area contributed by atoms with Gasteiger partial charge in [0, 0.05) is 36.9 Å². The van der Waals surface area contributed by atoms with E-state index in [1.165, 1.54) is 12.1 Å². The number of carbonyl (C=O) groups excluding carboxylic acids is 1. The van der Waals surface area contributed by atoms with E-state index in [2.05, 4.69) is 16.4 Å². The number of halogens is 2. The summed E-state index contributed by atoms with van der Waals surface area (Å²) >= 11 is 1.59. The Balaban J connectivity index is 1.27. The molecule has 5 heterocycles. The molecule has 7 rings (SSSR count). The van der Waals surface area contributed by atoms with E-state index in [4.69, 9.17) is 24.5 Å². The maximum atomic E-state index is 15.3. The third-order valence-electron chi connectivity index (χ3n) is 8.93. The average Bonchev–Trinajstić information content (AvgIpc) is 3.63. The summed E-state index contributed by atoms with van der Waals surface area (Å²) in [7, 11) is 0. The number of hydrogen-bond donors (Lipinski definition) is 1. The van der Waals surface area contributed by atoms with Gasteiger partial charge in [-0.1, -0.05) is 12.1 Å². The second kappa shape index (κ2) is 12.6. The van der Waals surface area contributed by atoms with Crippen LogP contribution in [-0.2, 0) is 15.0 Å². The van der Waals surface area contributed by atoms with Gasteiger partial charge < -0.3 is 19.7 Å². The van der Waals surface area contributed by atoms with E-state index in [0.29, 0.717) is 42.4 Å². The van der Waals surface area contributed by atoms with Crippen molar-refractivity contribution in [2.75, 3.05) is 24.6 Å². The van der Waals surface area contributed by atoms with Crippen LogP contribution >= 0.6 is 11.3 Å². The highest BCUT2D eigenvalue weighted by atomic mass is 32.1. The average molecular weight is 687 g/mol. The van der Waals surface area contributed by atoms with Crippen molar-refractivity contribution in [2.45, 2.75) is 77.2 Å². The Hall–Kier alpha value is -4.74. The number of amides is 1. The van der Waals surface area contributed by atoms with E-state index in [0.717, 1.165) is 46.1 Å². The van der Waals surface area contributed by atoms with Gasteiger partial charge >= 0.3 is 6.09 Å². The quantitative estimate of drug-likeness (QED) is 0.203. The molecule has 2 aliphatic rings. The van der Waals surface area contributed by atoms with Gasteiger partial charge in [0.25, 0.3) is 0 Å². The maximum Gasteiger partial charge on any atom is 0.408 e. The van der Waals surface area contributed by atoms with Crippen LogP contribution in [0.1, 0.15) is 75.4 Å². The van der Waals surface area contributed by atoms with Crippen LogP contribution in [0.25, 0.3) is 32.5 Å². The first-order valence-electron chi connectivity index (χ1n) is 16.3. The van der Waals surface area contributed by atoms with Gasteiger partial charge in [-0.05, 0) is 78.0 Å². The molecule has 1 atom stereocenters. The number of aryl methyl sites for hydroxylation is 1. The Labute approximate surface area is 285 Å². The predicted molar refractivity (Wildman–Crippen MR) is 181 cm³/mol. The zero-order valence-electron chi connectivity index (χ0n) is 27.7. The van der Waals surface area contributed by atoms with Crippen molar-refractivity contribution in [1.29, 1.82) is 5.26 Å². The van der Waals surface area contributed by atoms with E-state index in [1.54, 1.807) is 36.8 Å². The van der Waals surface area contributed by atoms with Gasteiger partial charge in [-0.3, -0.25) is 0 Å². The number of piperidine rings is 1. The van der Waals surface area contributed by atoms with Crippen molar-refractivity contribution < 1.29 is 23.0 Å². The van der Waals surface area contributed by atoms with Gasteiger partial charge in [0.1, 0.15) is 29.0 Å². The maximum absolute atomic E-state index is 15.3. The van der Waals surface area contributed by atoms with Crippen molar-refractivity contribution >= 4 is 44.6 Å². The molecule has 14 heteroatoms. The van der Waals surface area contributed by atoms with E-state index < -0.39 is 28.9 Å². The number of alkyl carbamates (subject to hydrolysis) is 1. The van der Waals surface area contributed by atoms with Crippen LogP contribution in [0.4, 0.5) is 19.5 Å². The molecule has 2 aliphatic heterocycles. The highest BCUT2D eigenvalue weighted by Crippen LogP contribution is 2.39. The van der Waals surface area contributed by atoms with Crippen LogP contribution < -0.4 is 10.2 Å². The molecule has 0 spiro atoms. The number of nitriles is 1. The molecule has 1 N–H and O–H groups in total. The predicted octanol–water partition coefficient (Wildman–Crippen LogP) is 7.28. The molecule has 5 aromatic rings. The van der Waals surface area contributed by atoms with E-state index in [9.17, 15) is 14.4 Å². The van der Waals surface area contributed by atoms with Crippen LogP contribution in [0.5, 0.6) is 0 Å². The molecule has 0 bridgehead atoms. The lowest BCUT2D eigenvalue weighted by Crippen LogP contribution is -2.54. The van der Waals surface area contributed by atoms with Crippen molar-refractivity contribution in [2.24, 2.45) is 0 Å². The largest absolute Gasteiger partial charge is 0.444 e. The Morgan fingerprint density at radius 2 is 1.92 bits per heavy atom. The first-order chi connectivity index (χ1) is 23.4. The molecule has 1 amide bonds. The minimum Gasteiger partial charge on any atom is -0.444 e. The van der Waals surface area contributed by atoms with E-state index in [1.807, 2.05) is 30.0 Å². The number of nitrogens with zero attached hydrogens (tertiary/aromatic N) is 7. The zero-order chi connectivity index (χ0) is 34.5. The normalized spacial score (nSPS) is 18.1. The van der Waals surface area contributed by atoms with Crippen LogP contribution in [0.2, 0.25) is 0 Å². The number of thiazole rings is 1. The molecule has 11 nitrogen and oxygen atoms in total. The number of ether oxygens (including phenoxy) is 2. The fourth-order valence-electron chi connectivity index (χ4n) is 6.68. The lowest BCUT2D eigenvalue weighted by molar-refractivity contribution is -0.0368. The summed E-state index contributed by atoms with van der Waals surface area (Å²) in [5.74, 6) is -1.16. The highest BCUT2D eigenvalue weighted by molar-refractivity contribution is 7.18. The van der Waals surface area contributed by atoms with E-state index in [-0.39, 0.29) is 30.3 Å². The molecule has 2 saturated heterocycles. The fraction of sp³-hybridized carbons (Fsp3) is 0.429. The van der Waals surface area contributed by atoms with Gasteiger partial charge in [-0.2, -0.15) is 15.3 Å². The first kappa shape index (κ1) is 32.8. The molecule has 2 aromatic carbocycles. The molecule has 1 unspecified atom stereocenters. The molecule has 0 radical (unpaired) electrons. The van der Waals surface area contributed by atoms with Gasteiger partial charge in [-0.15, -0.1) is 11.3 Å². The number of benzene rings is 2. The minimum absolute atomic E-state index is 0.166. The summed E-state index contributed by atoms with van der Waals surface area (Å²) in [6.07, 6.45) is 2.08.